The minimum Gasteiger partial charge on any atom is -0.387 e. The van der Waals surface area contributed by atoms with Gasteiger partial charge in [0.1, 0.15) is 0 Å². The Morgan fingerprint density at radius 3 is 1.76 bits per heavy atom. The summed E-state index contributed by atoms with van der Waals surface area (Å²) in [6, 6.07) is 1.13. The monoisotopic (exact) mass is 315 g/mol. The topological polar surface area (TPSA) is 23.5 Å². The fourth-order valence-electron chi connectivity index (χ4n) is 1.70. The van der Waals surface area contributed by atoms with Crippen LogP contribution in [0.2, 0.25) is 0 Å². The molecule has 0 aromatic heterocycles. The molecular formula is C13H15F6NO. The van der Waals surface area contributed by atoms with Gasteiger partial charge in [-0.3, -0.25) is 0 Å². The van der Waals surface area contributed by atoms with Crippen LogP contribution in [0.3, 0.4) is 0 Å². The van der Waals surface area contributed by atoms with Crippen LogP contribution in [0.15, 0.2) is 18.2 Å². The number of aliphatic hydroxyl groups excluding tert-OH is 1. The normalized spacial score (nSPS) is 14.6. The first-order chi connectivity index (χ1) is 9.45. The highest BCUT2D eigenvalue weighted by Gasteiger charge is 2.37. The molecule has 0 radical (unpaired) electrons. The van der Waals surface area contributed by atoms with Gasteiger partial charge in [0.25, 0.3) is 0 Å². The molecule has 21 heavy (non-hydrogen) atoms. The van der Waals surface area contributed by atoms with Crippen LogP contribution in [-0.2, 0) is 12.4 Å². The number of nitrogens with zero attached hydrogens (tertiary/aromatic N) is 1. The first-order valence-corrected chi connectivity index (χ1v) is 6.11. The van der Waals surface area contributed by atoms with E-state index in [1.807, 2.05) is 0 Å². The van der Waals surface area contributed by atoms with Crippen molar-refractivity contribution in [3.8, 4) is 0 Å². The average Bonchev–Trinajstić information content (AvgIpc) is 2.35. The Morgan fingerprint density at radius 2 is 1.43 bits per heavy atom. The lowest BCUT2D eigenvalue weighted by atomic mass is 10.0. The molecule has 0 spiro atoms. The highest BCUT2D eigenvalue weighted by atomic mass is 19.4. The van der Waals surface area contributed by atoms with Crippen molar-refractivity contribution in [3.05, 3.63) is 34.9 Å². The van der Waals surface area contributed by atoms with Gasteiger partial charge in [0.2, 0.25) is 0 Å². The van der Waals surface area contributed by atoms with Crippen LogP contribution in [0.1, 0.15) is 29.7 Å². The third-order valence-corrected chi connectivity index (χ3v) is 3.02. The molecular weight excluding hydrogens is 300 g/mol. The smallest absolute Gasteiger partial charge is 0.387 e. The second kappa shape index (κ2) is 6.23. The largest absolute Gasteiger partial charge is 0.416 e. The van der Waals surface area contributed by atoms with E-state index in [1.54, 1.807) is 18.9 Å². The third-order valence-electron chi connectivity index (χ3n) is 3.02. The van der Waals surface area contributed by atoms with Gasteiger partial charge in [-0.1, -0.05) is 6.92 Å². The van der Waals surface area contributed by atoms with Gasteiger partial charge in [0.15, 0.2) is 0 Å². The van der Waals surface area contributed by atoms with Crippen molar-refractivity contribution in [2.45, 2.75) is 25.4 Å². The lowest BCUT2D eigenvalue weighted by Crippen LogP contribution is -2.24. The molecule has 0 saturated heterocycles. The molecule has 0 bridgehead atoms. The molecule has 1 aromatic carbocycles. The van der Waals surface area contributed by atoms with Gasteiger partial charge in [-0.2, -0.15) is 26.3 Å². The van der Waals surface area contributed by atoms with Crippen molar-refractivity contribution in [1.82, 2.24) is 4.90 Å². The zero-order valence-corrected chi connectivity index (χ0v) is 11.4. The summed E-state index contributed by atoms with van der Waals surface area (Å²) < 4.78 is 76.0. The standard InChI is InChI=1S/C13H15F6NO/c1-3-20(2)7-11(21)8-4-9(12(14,15)16)6-10(5-8)13(17,18)19/h4-6,11,21H,3,7H2,1-2H3. The summed E-state index contributed by atoms with van der Waals surface area (Å²) in [6.45, 7) is 2.19. The number of benzene rings is 1. The molecule has 0 aliphatic carbocycles. The molecule has 1 rings (SSSR count). The number of rotatable bonds is 4. The zero-order valence-electron chi connectivity index (χ0n) is 11.4. The summed E-state index contributed by atoms with van der Waals surface area (Å²) in [6.07, 6.45) is -11.3. The van der Waals surface area contributed by atoms with E-state index in [0.29, 0.717) is 18.7 Å². The predicted octanol–water partition coefficient (Wildman–Crippen LogP) is 3.71. The summed E-state index contributed by atoms with van der Waals surface area (Å²) in [5.74, 6) is 0. The second-order valence-electron chi connectivity index (χ2n) is 4.71. The van der Waals surface area contributed by atoms with Gasteiger partial charge >= 0.3 is 12.4 Å². The zero-order chi connectivity index (χ0) is 16.4. The van der Waals surface area contributed by atoms with E-state index < -0.39 is 35.1 Å². The van der Waals surface area contributed by atoms with Crippen molar-refractivity contribution >= 4 is 0 Å². The highest BCUT2D eigenvalue weighted by Crippen LogP contribution is 2.37. The molecule has 1 N–H and O–H groups in total. The quantitative estimate of drug-likeness (QED) is 0.856. The first kappa shape index (κ1) is 17.8. The van der Waals surface area contributed by atoms with Gasteiger partial charge in [-0.15, -0.1) is 0 Å². The minimum absolute atomic E-state index is 0.0414. The van der Waals surface area contributed by atoms with Crippen LogP contribution in [0.25, 0.3) is 0 Å². The van der Waals surface area contributed by atoms with E-state index in [2.05, 4.69) is 0 Å². The summed E-state index contributed by atoms with van der Waals surface area (Å²) in [7, 11) is 1.60. The lowest BCUT2D eigenvalue weighted by molar-refractivity contribution is -0.143. The van der Waals surface area contributed by atoms with E-state index in [4.69, 9.17) is 0 Å². The molecule has 0 amide bonds. The molecule has 8 heteroatoms. The van der Waals surface area contributed by atoms with Crippen LogP contribution in [0.4, 0.5) is 26.3 Å². The number of halogens is 6. The molecule has 120 valence electrons. The molecule has 1 atom stereocenters. The van der Waals surface area contributed by atoms with Crippen molar-refractivity contribution in [1.29, 1.82) is 0 Å². The van der Waals surface area contributed by atoms with Gasteiger partial charge in [0, 0.05) is 6.54 Å². The van der Waals surface area contributed by atoms with E-state index in [0.717, 1.165) is 0 Å². The maximum Gasteiger partial charge on any atom is 0.416 e. The Labute approximate surface area is 118 Å². The number of likely N-dealkylation sites (N-methyl/N-ethyl adjacent to an activating group) is 1. The predicted molar refractivity (Wildman–Crippen MR) is 64.6 cm³/mol. The fourth-order valence-corrected chi connectivity index (χ4v) is 1.70. The van der Waals surface area contributed by atoms with Crippen molar-refractivity contribution in [2.24, 2.45) is 0 Å². The van der Waals surface area contributed by atoms with Gasteiger partial charge < -0.3 is 10.0 Å². The minimum atomic E-state index is -4.91. The maximum atomic E-state index is 12.7. The Morgan fingerprint density at radius 1 is 1.00 bits per heavy atom. The molecule has 1 aromatic rings. The maximum absolute atomic E-state index is 12.7. The third kappa shape index (κ3) is 4.89. The van der Waals surface area contributed by atoms with Crippen molar-refractivity contribution < 1.29 is 31.4 Å². The van der Waals surface area contributed by atoms with Crippen LogP contribution in [0, 0.1) is 0 Å². The van der Waals surface area contributed by atoms with E-state index in [-0.39, 0.29) is 12.6 Å². The molecule has 0 aliphatic rings. The summed E-state index contributed by atoms with van der Waals surface area (Å²) >= 11 is 0. The number of hydrogen-bond acceptors (Lipinski definition) is 2. The van der Waals surface area contributed by atoms with Crippen molar-refractivity contribution in [2.75, 3.05) is 20.1 Å². The number of alkyl halides is 6. The Kier molecular flexibility index (Phi) is 5.27. The van der Waals surface area contributed by atoms with E-state index >= 15 is 0 Å². The van der Waals surface area contributed by atoms with Crippen LogP contribution in [0.5, 0.6) is 0 Å². The first-order valence-electron chi connectivity index (χ1n) is 6.11. The number of hydrogen-bond donors (Lipinski definition) is 1. The highest BCUT2D eigenvalue weighted by molar-refractivity contribution is 5.34. The van der Waals surface area contributed by atoms with Gasteiger partial charge in [0.05, 0.1) is 17.2 Å². The molecule has 0 heterocycles. The molecule has 0 aliphatic heterocycles. The fraction of sp³-hybridized carbons (Fsp3) is 0.538. The summed E-state index contributed by atoms with van der Waals surface area (Å²) in [4.78, 5) is 1.58. The van der Waals surface area contributed by atoms with E-state index in [9.17, 15) is 31.4 Å². The van der Waals surface area contributed by atoms with Crippen LogP contribution >= 0.6 is 0 Å². The van der Waals surface area contributed by atoms with Crippen LogP contribution in [-0.4, -0.2) is 30.1 Å². The molecule has 2 nitrogen and oxygen atoms in total. The Balaban J connectivity index is 3.25. The molecule has 0 fully saturated rings. The second-order valence-corrected chi connectivity index (χ2v) is 4.71. The SMILES string of the molecule is CCN(C)CC(O)c1cc(C(F)(F)F)cc(C(F)(F)F)c1. The lowest BCUT2D eigenvalue weighted by Gasteiger charge is -2.21. The Hall–Kier alpha value is -1.28. The summed E-state index contributed by atoms with van der Waals surface area (Å²) in [5, 5.41) is 9.83. The number of aliphatic hydroxyl groups is 1. The molecule has 1 unspecified atom stereocenters. The average molecular weight is 315 g/mol. The van der Waals surface area contributed by atoms with E-state index in [1.165, 1.54) is 0 Å². The van der Waals surface area contributed by atoms with Gasteiger partial charge in [-0.25, -0.2) is 0 Å². The van der Waals surface area contributed by atoms with Gasteiger partial charge in [-0.05, 0) is 37.4 Å². The van der Waals surface area contributed by atoms with Crippen LogP contribution < -0.4 is 0 Å². The van der Waals surface area contributed by atoms with Crippen molar-refractivity contribution in [3.63, 3.8) is 0 Å². The summed E-state index contributed by atoms with van der Waals surface area (Å²) in [5.41, 5.74) is -3.26. The molecule has 0 saturated carbocycles. The Bertz CT molecular complexity index is 450.